The van der Waals surface area contributed by atoms with Gasteiger partial charge in [-0.3, -0.25) is 0 Å². The summed E-state index contributed by atoms with van der Waals surface area (Å²) >= 11 is 0. The van der Waals surface area contributed by atoms with E-state index in [0.717, 1.165) is 5.56 Å². The predicted molar refractivity (Wildman–Crippen MR) is 57.3 cm³/mol. The number of rotatable bonds is 2. The summed E-state index contributed by atoms with van der Waals surface area (Å²) in [7, 11) is 0. The largest absolute Gasteiger partial charge is 0.407 e. The number of benzene rings is 1. The molecule has 2 rings (SSSR count). The molecule has 1 aromatic carbocycles. The van der Waals surface area contributed by atoms with Crippen molar-refractivity contribution in [3.05, 3.63) is 41.8 Å². The predicted octanol–water partition coefficient (Wildman–Crippen LogP) is 1.98. The average molecular weight is 203 g/mol. The summed E-state index contributed by atoms with van der Waals surface area (Å²) < 4.78 is 5.26. The number of nitrogens with zero attached hydrogens (tertiary/aromatic N) is 2. The van der Waals surface area contributed by atoms with Crippen molar-refractivity contribution in [1.82, 2.24) is 10.2 Å². The maximum atomic E-state index is 5.41. The first-order chi connectivity index (χ1) is 7.10. The van der Waals surface area contributed by atoms with Gasteiger partial charge in [0.25, 0.3) is 0 Å². The van der Waals surface area contributed by atoms with E-state index in [1.54, 1.807) is 0 Å². The third kappa shape index (κ3) is 1.70. The van der Waals surface area contributed by atoms with Gasteiger partial charge in [-0.05, 0) is 19.4 Å². The summed E-state index contributed by atoms with van der Waals surface area (Å²) in [6.45, 7) is 4.05. The Morgan fingerprint density at radius 1 is 1.13 bits per heavy atom. The number of aromatic nitrogens is 2. The third-order valence-corrected chi connectivity index (χ3v) is 2.47. The molecule has 4 heteroatoms. The molecule has 15 heavy (non-hydrogen) atoms. The normalized spacial score (nSPS) is 11.6. The molecule has 0 radical (unpaired) electrons. The van der Waals surface area contributed by atoms with E-state index in [-0.39, 0.29) is 11.4 Å². The Hall–Kier alpha value is -1.84. The zero-order chi connectivity index (χ0) is 10.9. The summed E-state index contributed by atoms with van der Waals surface area (Å²) in [6.07, 6.45) is 0. The molecule has 0 spiro atoms. The minimum absolute atomic E-state index is 0.106. The second-order valence-corrected chi connectivity index (χ2v) is 3.94. The van der Waals surface area contributed by atoms with Gasteiger partial charge >= 0.3 is 6.01 Å². The molecule has 78 valence electrons. The number of hydrogen-bond donors (Lipinski definition) is 1. The van der Waals surface area contributed by atoms with Gasteiger partial charge in [0, 0.05) is 0 Å². The van der Waals surface area contributed by atoms with Crippen LogP contribution in [0.1, 0.15) is 25.3 Å². The minimum Gasteiger partial charge on any atom is -0.407 e. The lowest BCUT2D eigenvalue weighted by atomic mass is 9.85. The van der Waals surface area contributed by atoms with Crippen molar-refractivity contribution in [2.75, 3.05) is 5.73 Å². The van der Waals surface area contributed by atoms with Crippen LogP contribution < -0.4 is 5.73 Å². The van der Waals surface area contributed by atoms with Crippen LogP contribution in [0.15, 0.2) is 34.7 Å². The fraction of sp³-hybridized carbons (Fsp3) is 0.273. The lowest BCUT2D eigenvalue weighted by Gasteiger charge is -2.20. The molecule has 1 aromatic heterocycles. The number of anilines is 1. The van der Waals surface area contributed by atoms with Crippen LogP contribution in [-0.4, -0.2) is 10.2 Å². The molecule has 0 aliphatic rings. The monoisotopic (exact) mass is 203 g/mol. The highest BCUT2D eigenvalue weighted by Crippen LogP contribution is 2.30. The molecule has 0 saturated carbocycles. The maximum absolute atomic E-state index is 5.41. The van der Waals surface area contributed by atoms with E-state index in [9.17, 15) is 0 Å². The molecule has 0 unspecified atom stereocenters. The van der Waals surface area contributed by atoms with Gasteiger partial charge in [0.2, 0.25) is 5.89 Å². The van der Waals surface area contributed by atoms with E-state index in [1.165, 1.54) is 0 Å². The fourth-order valence-electron chi connectivity index (χ4n) is 1.47. The van der Waals surface area contributed by atoms with Crippen LogP contribution in [0.5, 0.6) is 0 Å². The molecule has 2 N–H and O–H groups in total. The summed E-state index contributed by atoms with van der Waals surface area (Å²) in [6, 6.07) is 10.1. The smallest absolute Gasteiger partial charge is 0.312 e. The van der Waals surface area contributed by atoms with Gasteiger partial charge < -0.3 is 10.2 Å². The quantitative estimate of drug-likeness (QED) is 0.810. The van der Waals surface area contributed by atoms with Gasteiger partial charge in [-0.1, -0.05) is 35.4 Å². The van der Waals surface area contributed by atoms with Crippen LogP contribution in [0.25, 0.3) is 0 Å². The Morgan fingerprint density at radius 3 is 2.33 bits per heavy atom. The fourth-order valence-corrected chi connectivity index (χ4v) is 1.47. The molecule has 0 saturated heterocycles. The summed E-state index contributed by atoms with van der Waals surface area (Å²) in [5, 5.41) is 7.59. The molecule has 0 amide bonds. The van der Waals surface area contributed by atoms with E-state index in [0.29, 0.717) is 5.89 Å². The highest BCUT2D eigenvalue weighted by molar-refractivity contribution is 5.30. The van der Waals surface area contributed by atoms with Gasteiger partial charge in [0.1, 0.15) is 0 Å². The van der Waals surface area contributed by atoms with Crippen LogP contribution in [0.2, 0.25) is 0 Å². The molecule has 0 atom stereocenters. The van der Waals surface area contributed by atoms with E-state index < -0.39 is 0 Å². The minimum atomic E-state index is -0.314. The second-order valence-electron chi connectivity index (χ2n) is 3.94. The molecule has 1 heterocycles. The highest BCUT2D eigenvalue weighted by Gasteiger charge is 2.28. The zero-order valence-electron chi connectivity index (χ0n) is 8.77. The molecule has 0 fully saturated rings. The summed E-state index contributed by atoms with van der Waals surface area (Å²) in [4.78, 5) is 0. The Morgan fingerprint density at radius 2 is 1.80 bits per heavy atom. The van der Waals surface area contributed by atoms with E-state index in [2.05, 4.69) is 10.2 Å². The van der Waals surface area contributed by atoms with Crippen LogP contribution in [0.3, 0.4) is 0 Å². The molecule has 0 aliphatic heterocycles. The van der Waals surface area contributed by atoms with Crippen molar-refractivity contribution in [1.29, 1.82) is 0 Å². The summed E-state index contributed by atoms with van der Waals surface area (Å²) in [5.74, 6) is 0.534. The van der Waals surface area contributed by atoms with Crippen molar-refractivity contribution in [2.24, 2.45) is 0 Å². The van der Waals surface area contributed by atoms with Gasteiger partial charge in [0.05, 0.1) is 5.41 Å². The first kappa shape index (κ1) is 9.71. The number of nitrogens with two attached hydrogens (primary N) is 1. The Bertz CT molecular complexity index is 448. The zero-order valence-corrected chi connectivity index (χ0v) is 8.77. The SMILES string of the molecule is CC(C)(c1ccccc1)c1nnc(N)o1. The number of nitrogen functional groups attached to an aromatic ring is 1. The maximum Gasteiger partial charge on any atom is 0.312 e. The van der Waals surface area contributed by atoms with Crippen molar-refractivity contribution in [3.63, 3.8) is 0 Å². The number of hydrogen-bond acceptors (Lipinski definition) is 4. The standard InChI is InChI=1S/C11H13N3O/c1-11(2,8-6-4-3-5-7-8)9-13-14-10(12)15-9/h3-7H,1-2H3,(H2,12,14). The molecular formula is C11H13N3O. The first-order valence-corrected chi connectivity index (χ1v) is 4.75. The van der Waals surface area contributed by atoms with Crippen LogP contribution >= 0.6 is 0 Å². The van der Waals surface area contributed by atoms with E-state index in [1.807, 2.05) is 44.2 Å². The van der Waals surface area contributed by atoms with Gasteiger partial charge in [-0.15, -0.1) is 5.10 Å². The summed E-state index contributed by atoms with van der Waals surface area (Å²) in [5.41, 5.74) is 6.22. The lowest BCUT2D eigenvalue weighted by Crippen LogP contribution is -2.19. The van der Waals surface area contributed by atoms with Crippen molar-refractivity contribution >= 4 is 6.01 Å². The van der Waals surface area contributed by atoms with E-state index >= 15 is 0 Å². The van der Waals surface area contributed by atoms with Crippen molar-refractivity contribution in [3.8, 4) is 0 Å². The lowest BCUT2D eigenvalue weighted by molar-refractivity contribution is 0.422. The Labute approximate surface area is 88.1 Å². The topological polar surface area (TPSA) is 64.9 Å². The van der Waals surface area contributed by atoms with Crippen LogP contribution in [0, 0.1) is 0 Å². The Kier molecular flexibility index (Phi) is 2.19. The molecule has 4 nitrogen and oxygen atoms in total. The molecule has 0 aliphatic carbocycles. The van der Waals surface area contributed by atoms with Crippen LogP contribution in [0.4, 0.5) is 6.01 Å². The van der Waals surface area contributed by atoms with E-state index in [4.69, 9.17) is 10.2 Å². The van der Waals surface area contributed by atoms with Gasteiger partial charge in [0.15, 0.2) is 0 Å². The van der Waals surface area contributed by atoms with Gasteiger partial charge in [-0.2, -0.15) is 0 Å². The third-order valence-electron chi connectivity index (χ3n) is 2.47. The van der Waals surface area contributed by atoms with Crippen molar-refractivity contribution < 1.29 is 4.42 Å². The molecular weight excluding hydrogens is 190 g/mol. The molecule has 0 bridgehead atoms. The second kappa shape index (κ2) is 3.38. The first-order valence-electron chi connectivity index (χ1n) is 4.75. The Balaban J connectivity index is 2.43. The van der Waals surface area contributed by atoms with Gasteiger partial charge in [-0.25, -0.2) is 0 Å². The average Bonchev–Trinajstić information content (AvgIpc) is 2.67. The van der Waals surface area contributed by atoms with Crippen LogP contribution in [-0.2, 0) is 5.41 Å². The van der Waals surface area contributed by atoms with Crippen molar-refractivity contribution in [2.45, 2.75) is 19.3 Å². The highest BCUT2D eigenvalue weighted by atomic mass is 16.4. The molecule has 2 aromatic rings.